The first-order chi connectivity index (χ1) is 3.39. The molecule has 0 fully saturated rings. The van der Waals surface area contributed by atoms with Crippen LogP contribution in [0.1, 0.15) is 0 Å². The van der Waals surface area contributed by atoms with E-state index in [0.29, 0.717) is 0 Å². The number of nitrogens with zero attached hydrogens (tertiary/aromatic N) is 2. The van der Waals surface area contributed by atoms with Crippen LogP contribution in [0.3, 0.4) is 0 Å². The molecule has 1 heterocycles. The van der Waals surface area contributed by atoms with E-state index in [4.69, 9.17) is 0 Å². The van der Waals surface area contributed by atoms with E-state index < -0.39 is 0 Å². The van der Waals surface area contributed by atoms with Crippen molar-refractivity contribution < 1.29 is 0 Å². The molecule has 1 radical (unpaired) electrons. The van der Waals surface area contributed by atoms with Crippen LogP contribution in [0, 0.1) is 0 Å². The summed E-state index contributed by atoms with van der Waals surface area (Å²) in [4.78, 5) is 5.89. The molecule has 0 unspecified atom stereocenters. The van der Waals surface area contributed by atoms with Crippen LogP contribution < -0.4 is 4.90 Å². The van der Waals surface area contributed by atoms with Gasteiger partial charge in [0.2, 0.25) is 6.34 Å². The Hall–Kier alpha value is -0.630. The van der Waals surface area contributed by atoms with E-state index in [1.807, 2.05) is 18.0 Å². The maximum absolute atomic E-state index is 3.88. The lowest BCUT2D eigenvalue weighted by Gasteiger charge is -1.95. The lowest BCUT2D eigenvalue weighted by atomic mass is 10.5. The Morgan fingerprint density at radius 3 is 2.86 bits per heavy atom. The summed E-state index contributed by atoms with van der Waals surface area (Å²) in [5.41, 5.74) is 0. The molecule has 0 aromatic heterocycles. The molecule has 0 bridgehead atoms. The van der Waals surface area contributed by atoms with Crippen molar-refractivity contribution >= 4 is 6.34 Å². The van der Waals surface area contributed by atoms with E-state index in [-0.39, 0.29) is 0 Å². The molecule has 0 N–H and O–H groups in total. The average molecular weight is 96.1 g/mol. The molecule has 0 amide bonds. The highest BCUT2D eigenvalue weighted by Crippen LogP contribution is 1.83. The molecule has 0 saturated carbocycles. The highest BCUT2D eigenvalue weighted by Gasteiger charge is 2.00. The highest BCUT2D eigenvalue weighted by atomic mass is 15.1. The summed E-state index contributed by atoms with van der Waals surface area (Å²) in [6.45, 7) is 0.990. The Bertz CT molecular complexity index is 105. The van der Waals surface area contributed by atoms with Gasteiger partial charge in [0, 0.05) is 6.20 Å². The fourth-order valence-corrected chi connectivity index (χ4v) is 0.474. The first kappa shape index (κ1) is 4.53. The molecule has 0 aromatic rings. The Balaban J connectivity index is 2.49. The quantitative estimate of drug-likeness (QED) is 0.386. The Labute approximate surface area is 43.2 Å². The van der Waals surface area contributed by atoms with Crippen molar-refractivity contribution in [2.45, 2.75) is 0 Å². The minimum atomic E-state index is 0.990. The van der Waals surface area contributed by atoms with Crippen molar-refractivity contribution in [3.8, 4) is 0 Å². The number of likely N-dealkylation sites (N-methyl/N-ethyl adjacent to an activating group) is 1. The minimum Gasteiger partial charge on any atom is -0.208 e. The molecule has 0 saturated heterocycles. The predicted octanol–water partition coefficient (Wildman–Crippen LogP) is 0.312. The van der Waals surface area contributed by atoms with Gasteiger partial charge in [0.25, 0.3) is 0 Å². The van der Waals surface area contributed by atoms with Crippen LogP contribution in [0.15, 0.2) is 17.3 Å². The lowest BCUT2D eigenvalue weighted by Crippen LogP contribution is -2.24. The van der Waals surface area contributed by atoms with Crippen LogP contribution in [0.5, 0.6) is 0 Å². The second-order valence-corrected chi connectivity index (χ2v) is 1.59. The van der Waals surface area contributed by atoms with Crippen molar-refractivity contribution in [1.82, 2.24) is 4.90 Å². The van der Waals surface area contributed by atoms with Gasteiger partial charge in [-0.15, -0.1) is 4.90 Å². The highest BCUT2D eigenvalue weighted by molar-refractivity contribution is 5.59. The van der Waals surface area contributed by atoms with Gasteiger partial charge < -0.3 is 0 Å². The van der Waals surface area contributed by atoms with Crippen molar-refractivity contribution in [1.29, 1.82) is 0 Å². The molecule has 37 valence electrons. The summed E-state index contributed by atoms with van der Waals surface area (Å²) in [6.07, 6.45) is 5.62. The van der Waals surface area contributed by atoms with Gasteiger partial charge in [0.15, 0.2) is 0 Å². The fraction of sp³-hybridized carbons (Fsp3) is 0.400. The van der Waals surface area contributed by atoms with Crippen molar-refractivity contribution in [3.63, 3.8) is 0 Å². The summed E-state index contributed by atoms with van der Waals surface area (Å²) in [6, 6.07) is 0. The summed E-state index contributed by atoms with van der Waals surface area (Å²) in [5, 5.41) is 0. The number of aliphatic imine (C=N–C) groups is 1. The van der Waals surface area contributed by atoms with Gasteiger partial charge in [-0.25, -0.2) is 4.99 Å². The summed E-state index contributed by atoms with van der Waals surface area (Å²) in [7, 11) is 1.99. The topological polar surface area (TPSA) is 18.3 Å². The van der Waals surface area contributed by atoms with Gasteiger partial charge in [0.05, 0.1) is 0 Å². The number of hydrogen-bond acceptors (Lipinski definition) is 2. The van der Waals surface area contributed by atoms with Crippen molar-refractivity contribution in [3.05, 3.63) is 12.3 Å². The molecule has 2 heteroatoms. The van der Waals surface area contributed by atoms with Gasteiger partial charge in [0.1, 0.15) is 13.6 Å². The van der Waals surface area contributed by atoms with Crippen LogP contribution in [0.25, 0.3) is 0 Å². The molecule has 1 aliphatic heterocycles. The van der Waals surface area contributed by atoms with Gasteiger partial charge in [-0.2, -0.15) is 0 Å². The first-order valence-corrected chi connectivity index (χ1v) is 2.28. The van der Waals surface area contributed by atoms with Crippen LogP contribution >= 0.6 is 0 Å². The van der Waals surface area contributed by atoms with Crippen LogP contribution in [0.2, 0.25) is 0 Å². The van der Waals surface area contributed by atoms with E-state index in [2.05, 4.69) is 4.99 Å². The van der Waals surface area contributed by atoms with Gasteiger partial charge in [-0.1, -0.05) is 0 Å². The van der Waals surface area contributed by atoms with E-state index in [0.717, 1.165) is 6.54 Å². The molecule has 0 aromatic carbocycles. The third kappa shape index (κ3) is 1.12. The summed E-state index contributed by atoms with van der Waals surface area (Å²) >= 11 is 0. The smallest absolute Gasteiger partial charge is 0.208 e. The second kappa shape index (κ2) is 1.89. The first-order valence-electron chi connectivity index (χ1n) is 2.28. The zero-order valence-corrected chi connectivity index (χ0v) is 4.33. The largest absolute Gasteiger partial charge is 0.238 e. The summed E-state index contributed by atoms with van der Waals surface area (Å²) in [5.74, 6) is 0. The van der Waals surface area contributed by atoms with Crippen LogP contribution in [0.4, 0.5) is 0 Å². The van der Waals surface area contributed by atoms with E-state index in [1.54, 1.807) is 12.5 Å². The van der Waals surface area contributed by atoms with Crippen LogP contribution in [-0.2, 0) is 0 Å². The maximum atomic E-state index is 3.88. The average Bonchev–Trinajstić information content (AvgIpc) is 1.69. The van der Waals surface area contributed by atoms with Crippen LogP contribution in [-0.4, -0.2) is 19.9 Å². The molecule has 0 spiro atoms. The van der Waals surface area contributed by atoms with E-state index >= 15 is 0 Å². The molecule has 2 nitrogen and oxygen atoms in total. The third-order valence-corrected chi connectivity index (χ3v) is 0.849. The van der Waals surface area contributed by atoms with Crippen molar-refractivity contribution in [2.24, 2.45) is 4.99 Å². The molecule has 1 rings (SSSR count). The Morgan fingerprint density at radius 1 is 1.71 bits per heavy atom. The third-order valence-electron chi connectivity index (χ3n) is 0.849. The van der Waals surface area contributed by atoms with Gasteiger partial charge in [-0.3, -0.25) is 0 Å². The zero-order chi connectivity index (χ0) is 5.11. The SMILES string of the molecule is C[N+]1C=NC=CC1. The second-order valence-electron chi connectivity index (χ2n) is 1.59. The van der Waals surface area contributed by atoms with Gasteiger partial charge in [-0.05, 0) is 6.08 Å². The molecular weight excluding hydrogens is 88.1 g/mol. The molecule has 1 aliphatic rings. The van der Waals surface area contributed by atoms with E-state index in [1.165, 1.54) is 0 Å². The van der Waals surface area contributed by atoms with Crippen molar-refractivity contribution in [2.75, 3.05) is 13.6 Å². The normalized spacial score (nSPS) is 20.7. The maximum Gasteiger partial charge on any atom is 0.238 e. The molecule has 7 heavy (non-hydrogen) atoms. The number of hydrogen-bond donors (Lipinski definition) is 0. The standard InChI is InChI=1S/C5H8N2/c1-7-4-2-3-6-5-7/h2-3,5H,4H2,1H3/q+1. The predicted molar refractivity (Wildman–Crippen MR) is 30.6 cm³/mol. The van der Waals surface area contributed by atoms with E-state index in [9.17, 15) is 0 Å². The number of rotatable bonds is 0. The Kier molecular flexibility index (Phi) is 1.22. The molecular formula is C5H8N2+. The Morgan fingerprint density at radius 2 is 2.57 bits per heavy atom. The lowest BCUT2D eigenvalue weighted by molar-refractivity contribution is 0.744. The molecule has 0 aliphatic carbocycles. The van der Waals surface area contributed by atoms with Gasteiger partial charge >= 0.3 is 0 Å². The summed E-state index contributed by atoms with van der Waals surface area (Å²) < 4.78 is 0. The minimum absolute atomic E-state index is 0.990. The zero-order valence-electron chi connectivity index (χ0n) is 4.33. The monoisotopic (exact) mass is 96.1 g/mol. The molecule has 0 atom stereocenters. The fourth-order valence-electron chi connectivity index (χ4n) is 0.474.